The molecule has 0 aliphatic carbocycles. The van der Waals surface area contributed by atoms with Crippen molar-refractivity contribution in [3.8, 4) is 11.3 Å². The van der Waals surface area contributed by atoms with Crippen LogP contribution in [0.4, 0.5) is 10.5 Å². The summed E-state index contributed by atoms with van der Waals surface area (Å²) in [5, 5.41) is 19.0. The summed E-state index contributed by atoms with van der Waals surface area (Å²) in [7, 11) is 0. The number of furan rings is 1. The number of hydrogen-bond donors (Lipinski definition) is 1. The van der Waals surface area contributed by atoms with Crippen LogP contribution in [0.5, 0.6) is 0 Å². The van der Waals surface area contributed by atoms with Crippen LogP contribution < -0.4 is 0 Å². The van der Waals surface area contributed by atoms with E-state index in [4.69, 9.17) is 21.1 Å². The third-order valence-electron chi connectivity index (χ3n) is 3.49. The molecule has 1 aliphatic heterocycles. The highest BCUT2D eigenvalue weighted by Crippen LogP contribution is 2.34. The molecular formula is C16H9ClN2O7S. The van der Waals surface area contributed by atoms with Crippen LogP contribution in [0.15, 0.2) is 39.7 Å². The first-order valence-electron chi connectivity index (χ1n) is 7.27. The quantitative estimate of drug-likeness (QED) is 0.450. The predicted octanol–water partition coefficient (Wildman–Crippen LogP) is 3.63. The summed E-state index contributed by atoms with van der Waals surface area (Å²) in [5.74, 6) is -1.51. The SMILES string of the molecule is O=C(O)CN1C(=O)S/C(=C/c2ccc(-c3ccc(Cl)c([N+](=O)[O-])c3)o2)C1=O. The van der Waals surface area contributed by atoms with Crippen LogP contribution in [0.2, 0.25) is 5.02 Å². The third-order valence-corrected chi connectivity index (χ3v) is 4.72. The Bertz CT molecular complexity index is 1010. The zero-order valence-corrected chi connectivity index (χ0v) is 14.8. The lowest BCUT2D eigenvalue weighted by molar-refractivity contribution is -0.384. The molecule has 1 saturated heterocycles. The van der Waals surface area contributed by atoms with Crippen molar-refractivity contribution in [2.24, 2.45) is 0 Å². The van der Waals surface area contributed by atoms with E-state index in [1.807, 2.05) is 0 Å². The number of imide groups is 1. The first-order valence-corrected chi connectivity index (χ1v) is 8.47. The number of carboxylic acids is 1. The molecule has 0 spiro atoms. The van der Waals surface area contributed by atoms with Crippen LogP contribution in [0.3, 0.4) is 0 Å². The lowest BCUT2D eigenvalue weighted by Crippen LogP contribution is -2.33. The first-order chi connectivity index (χ1) is 12.8. The summed E-state index contributed by atoms with van der Waals surface area (Å²) in [6.45, 7) is -0.722. The van der Waals surface area contributed by atoms with Crippen molar-refractivity contribution in [1.82, 2.24) is 4.90 Å². The second kappa shape index (κ2) is 7.25. The number of carbonyl (C=O) groups excluding carboxylic acids is 2. The van der Waals surface area contributed by atoms with Crippen molar-refractivity contribution >= 4 is 52.2 Å². The van der Waals surface area contributed by atoms with Gasteiger partial charge in [0.05, 0.1) is 9.83 Å². The van der Waals surface area contributed by atoms with Crippen LogP contribution in [-0.4, -0.2) is 38.6 Å². The van der Waals surface area contributed by atoms with Gasteiger partial charge in [0.25, 0.3) is 16.8 Å². The minimum Gasteiger partial charge on any atom is -0.480 e. The number of nitro groups is 1. The molecule has 1 fully saturated rings. The number of benzene rings is 1. The monoisotopic (exact) mass is 408 g/mol. The van der Waals surface area contributed by atoms with E-state index in [-0.39, 0.29) is 21.4 Å². The van der Waals surface area contributed by atoms with E-state index in [9.17, 15) is 24.5 Å². The number of halogens is 1. The molecular weight excluding hydrogens is 400 g/mol. The highest BCUT2D eigenvalue weighted by atomic mass is 35.5. The minimum atomic E-state index is -1.30. The average molecular weight is 409 g/mol. The van der Waals surface area contributed by atoms with Gasteiger partial charge >= 0.3 is 5.97 Å². The molecule has 1 aromatic heterocycles. The van der Waals surface area contributed by atoms with E-state index in [0.717, 1.165) is 0 Å². The average Bonchev–Trinajstić information content (AvgIpc) is 3.15. The van der Waals surface area contributed by atoms with Gasteiger partial charge in [-0.15, -0.1) is 0 Å². The fraction of sp³-hybridized carbons (Fsp3) is 0.0625. The van der Waals surface area contributed by atoms with Gasteiger partial charge in [-0.25, -0.2) is 0 Å². The molecule has 0 atom stereocenters. The Morgan fingerprint density at radius 2 is 2.07 bits per heavy atom. The summed E-state index contributed by atoms with van der Waals surface area (Å²) in [6, 6.07) is 7.22. The molecule has 3 rings (SSSR count). The number of aliphatic carboxylic acids is 1. The van der Waals surface area contributed by atoms with E-state index < -0.39 is 28.6 Å². The maximum atomic E-state index is 12.1. The normalized spacial score (nSPS) is 15.6. The lowest BCUT2D eigenvalue weighted by atomic mass is 10.1. The van der Waals surface area contributed by atoms with Crippen molar-refractivity contribution in [1.29, 1.82) is 0 Å². The van der Waals surface area contributed by atoms with Crippen molar-refractivity contribution < 1.29 is 28.8 Å². The van der Waals surface area contributed by atoms with Crippen molar-refractivity contribution in [2.75, 3.05) is 6.54 Å². The molecule has 2 heterocycles. The third kappa shape index (κ3) is 3.86. The fourth-order valence-corrected chi connectivity index (χ4v) is 3.30. The Labute approximate surface area is 160 Å². The van der Waals surface area contributed by atoms with Crippen LogP contribution >= 0.6 is 23.4 Å². The zero-order valence-electron chi connectivity index (χ0n) is 13.2. The smallest absolute Gasteiger partial charge is 0.323 e. The molecule has 1 aliphatic rings. The minimum absolute atomic E-state index is 0.0114. The number of amides is 2. The van der Waals surface area contributed by atoms with Gasteiger partial charge in [0.1, 0.15) is 23.1 Å². The number of thioether (sulfide) groups is 1. The van der Waals surface area contributed by atoms with Gasteiger partial charge in [0, 0.05) is 17.7 Å². The number of hydrogen-bond acceptors (Lipinski definition) is 7. The maximum Gasteiger partial charge on any atom is 0.323 e. The number of carboxylic acid groups (broad SMARTS) is 1. The van der Waals surface area contributed by atoms with Gasteiger partial charge in [0.2, 0.25) is 0 Å². The molecule has 0 saturated carbocycles. The summed E-state index contributed by atoms with van der Waals surface area (Å²) in [6.07, 6.45) is 1.31. The van der Waals surface area contributed by atoms with Crippen molar-refractivity contribution in [3.63, 3.8) is 0 Å². The largest absolute Gasteiger partial charge is 0.480 e. The Kier molecular flexibility index (Phi) is 5.02. The van der Waals surface area contributed by atoms with Gasteiger partial charge < -0.3 is 9.52 Å². The summed E-state index contributed by atoms with van der Waals surface area (Å²) in [4.78, 5) is 45.6. The number of nitrogens with zero attached hydrogens (tertiary/aromatic N) is 2. The molecule has 1 N–H and O–H groups in total. The van der Waals surface area contributed by atoms with Crippen molar-refractivity contribution in [3.05, 3.63) is 56.1 Å². The van der Waals surface area contributed by atoms with E-state index in [0.29, 0.717) is 28.0 Å². The van der Waals surface area contributed by atoms with Crippen LogP contribution in [0.25, 0.3) is 17.4 Å². The molecule has 1 aromatic carbocycles. The molecule has 138 valence electrons. The Balaban J connectivity index is 1.87. The van der Waals surface area contributed by atoms with E-state index in [2.05, 4.69) is 0 Å². The molecule has 11 heteroatoms. The summed E-state index contributed by atoms with van der Waals surface area (Å²) >= 11 is 6.38. The highest BCUT2D eigenvalue weighted by Gasteiger charge is 2.36. The van der Waals surface area contributed by atoms with Gasteiger partial charge in [-0.3, -0.25) is 29.4 Å². The Morgan fingerprint density at radius 3 is 2.74 bits per heavy atom. The van der Waals surface area contributed by atoms with E-state index in [1.54, 1.807) is 12.1 Å². The van der Waals surface area contributed by atoms with E-state index in [1.165, 1.54) is 24.3 Å². The van der Waals surface area contributed by atoms with Gasteiger partial charge in [-0.05, 0) is 36.0 Å². The summed E-state index contributed by atoms with van der Waals surface area (Å²) < 4.78 is 5.55. The zero-order chi connectivity index (χ0) is 19.7. The Hall–Kier alpha value is -3.11. The topological polar surface area (TPSA) is 131 Å². The van der Waals surface area contributed by atoms with Gasteiger partial charge in [0.15, 0.2) is 0 Å². The molecule has 0 bridgehead atoms. The summed E-state index contributed by atoms with van der Waals surface area (Å²) in [5.41, 5.74) is 0.131. The molecule has 0 radical (unpaired) electrons. The van der Waals surface area contributed by atoms with Crippen LogP contribution in [-0.2, 0) is 9.59 Å². The van der Waals surface area contributed by atoms with Gasteiger partial charge in [-0.2, -0.15) is 0 Å². The van der Waals surface area contributed by atoms with Gasteiger partial charge in [-0.1, -0.05) is 11.6 Å². The number of nitro benzene ring substituents is 1. The number of rotatable bonds is 5. The first kappa shape index (κ1) is 18.7. The number of carbonyl (C=O) groups is 3. The van der Waals surface area contributed by atoms with Crippen LogP contribution in [0, 0.1) is 10.1 Å². The fourth-order valence-electron chi connectivity index (χ4n) is 2.29. The second-order valence-corrected chi connectivity index (χ2v) is 6.69. The predicted molar refractivity (Wildman–Crippen MR) is 96.1 cm³/mol. The van der Waals surface area contributed by atoms with E-state index >= 15 is 0 Å². The lowest BCUT2D eigenvalue weighted by Gasteiger charge is -2.07. The van der Waals surface area contributed by atoms with Crippen LogP contribution in [0.1, 0.15) is 5.76 Å². The molecule has 2 amide bonds. The van der Waals surface area contributed by atoms with Crippen molar-refractivity contribution in [2.45, 2.75) is 0 Å². The highest BCUT2D eigenvalue weighted by molar-refractivity contribution is 8.18. The molecule has 9 nitrogen and oxygen atoms in total. The standard InChI is InChI=1S/C16H9ClN2O7S/c17-10-3-1-8(5-11(10)19(24)25)12-4-2-9(26-12)6-13-15(22)18(7-14(20)21)16(23)27-13/h1-6H,7H2,(H,20,21)/b13-6+. The maximum absolute atomic E-state index is 12.1. The molecule has 27 heavy (non-hydrogen) atoms. The Morgan fingerprint density at radius 1 is 1.33 bits per heavy atom. The molecule has 2 aromatic rings. The molecule has 0 unspecified atom stereocenters. The second-order valence-electron chi connectivity index (χ2n) is 5.29.